The molecule has 90 valence electrons. The summed E-state index contributed by atoms with van der Waals surface area (Å²) in [6.45, 7) is 8.46. The summed E-state index contributed by atoms with van der Waals surface area (Å²) in [5, 5.41) is 0. The molecule has 0 saturated heterocycles. The molecule has 0 aliphatic heterocycles. The maximum atomic E-state index is 2.53. The van der Waals surface area contributed by atoms with Crippen LogP contribution >= 0.6 is 0 Å². The number of hydrogen-bond donors (Lipinski definition) is 0. The largest absolute Gasteiger partial charge is 0.375 e. The second-order valence-corrected chi connectivity index (χ2v) is 10.6. The van der Waals surface area contributed by atoms with Crippen molar-refractivity contribution in [3.8, 4) is 0 Å². The Morgan fingerprint density at radius 2 is 1.62 bits per heavy atom. The van der Waals surface area contributed by atoms with Crippen molar-refractivity contribution in [2.75, 3.05) is 18.5 Å². The van der Waals surface area contributed by atoms with Gasteiger partial charge in [0.05, 0.1) is 8.07 Å². The van der Waals surface area contributed by atoms with E-state index in [1.165, 1.54) is 30.4 Å². The molecule has 0 unspecified atom stereocenters. The van der Waals surface area contributed by atoms with Gasteiger partial charge in [-0.2, -0.15) is 0 Å². The Hall–Kier alpha value is -0.763. The van der Waals surface area contributed by atoms with E-state index in [9.17, 15) is 0 Å². The lowest BCUT2D eigenvalue weighted by Gasteiger charge is -2.28. The average Bonchev–Trinajstić information content (AvgIpc) is 2.36. The summed E-state index contributed by atoms with van der Waals surface area (Å²) in [6.07, 6.45) is 0. The van der Waals surface area contributed by atoms with Crippen LogP contribution in [0.2, 0.25) is 24.7 Å². The van der Waals surface area contributed by atoms with Gasteiger partial charge in [0.15, 0.2) is 0 Å². The lowest BCUT2D eigenvalue weighted by molar-refractivity contribution is 0.937. The number of para-hydroxylation sites is 1. The molecule has 1 nitrogen and oxygen atoms in total. The molecule has 0 spiro atoms. The summed E-state index contributed by atoms with van der Waals surface area (Å²) in [7, 11) is 1.27. The first-order chi connectivity index (χ1) is 7.61. The third-order valence-corrected chi connectivity index (χ3v) is 8.80. The van der Waals surface area contributed by atoms with E-state index in [2.05, 4.69) is 62.7 Å². The van der Waals surface area contributed by atoms with E-state index < -0.39 is 8.07 Å². The van der Waals surface area contributed by atoms with Crippen molar-refractivity contribution >= 4 is 13.8 Å². The van der Waals surface area contributed by atoms with E-state index in [1.54, 1.807) is 0 Å². The smallest absolute Gasteiger partial charge is 0.0516 e. The third kappa shape index (κ3) is 3.67. The van der Waals surface area contributed by atoms with E-state index >= 15 is 0 Å². The summed E-state index contributed by atoms with van der Waals surface area (Å²) in [6, 6.07) is 14.9. The van der Waals surface area contributed by atoms with Crippen LogP contribution < -0.4 is 4.90 Å². The molecular formula is C14H25NSi. The van der Waals surface area contributed by atoms with E-state index in [0.717, 1.165) is 0 Å². The topological polar surface area (TPSA) is 3.24 Å². The predicted octanol–water partition coefficient (Wildman–Crippen LogP) is 4.24. The van der Waals surface area contributed by atoms with Crippen molar-refractivity contribution in [1.29, 1.82) is 0 Å². The molecule has 1 rings (SSSR count). The van der Waals surface area contributed by atoms with Crippen molar-refractivity contribution in [2.45, 2.75) is 38.5 Å². The van der Waals surface area contributed by atoms with Crippen LogP contribution in [-0.4, -0.2) is 21.7 Å². The van der Waals surface area contributed by atoms with Crippen LogP contribution in [0.5, 0.6) is 0 Å². The average molecular weight is 235 g/mol. The van der Waals surface area contributed by atoms with Crippen molar-refractivity contribution in [2.24, 2.45) is 0 Å². The van der Waals surface area contributed by atoms with Gasteiger partial charge in [0, 0.05) is 19.3 Å². The minimum absolute atomic E-state index is 0.935. The van der Waals surface area contributed by atoms with Gasteiger partial charge in [0.1, 0.15) is 0 Å². The zero-order chi connectivity index (χ0) is 12.0. The third-order valence-electron chi connectivity index (χ3n) is 3.95. The molecule has 1 aromatic carbocycles. The second kappa shape index (κ2) is 6.09. The molecule has 0 bridgehead atoms. The van der Waals surface area contributed by atoms with E-state index in [4.69, 9.17) is 0 Å². The van der Waals surface area contributed by atoms with Crippen LogP contribution in [0.4, 0.5) is 5.69 Å². The summed E-state index contributed by atoms with van der Waals surface area (Å²) >= 11 is 0. The first-order valence-electron chi connectivity index (χ1n) is 6.37. The summed E-state index contributed by atoms with van der Waals surface area (Å²) in [5.74, 6) is 0. The van der Waals surface area contributed by atoms with Gasteiger partial charge in [-0.25, -0.2) is 0 Å². The minimum atomic E-state index is -0.935. The standard InChI is InChI=1S/C14H25NSi/c1-5-16(4,6-2)13-12-15(3)14-10-8-7-9-11-14/h7-11H,5-6,12-13H2,1-4H3. The van der Waals surface area contributed by atoms with Crippen LogP contribution in [0.1, 0.15) is 13.8 Å². The fourth-order valence-corrected chi connectivity index (χ4v) is 3.94. The molecule has 2 heteroatoms. The monoisotopic (exact) mass is 235 g/mol. The first-order valence-corrected chi connectivity index (χ1v) is 9.49. The molecule has 0 amide bonds. The Kier molecular flexibility index (Phi) is 5.06. The molecule has 0 atom stereocenters. The van der Waals surface area contributed by atoms with Crippen LogP contribution in [0.25, 0.3) is 0 Å². The van der Waals surface area contributed by atoms with Gasteiger partial charge >= 0.3 is 0 Å². The number of nitrogens with zero attached hydrogens (tertiary/aromatic N) is 1. The molecule has 0 radical (unpaired) electrons. The summed E-state index contributed by atoms with van der Waals surface area (Å²) in [4.78, 5) is 2.39. The number of rotatable bonds is 6. The van der Waals surface area contributed by atoms with Gasteiger partial charge in [-0.05, 0) is 18.2 Å². The van der Waals surface area contributed by atoms with Gasteiger partial charge in [-0.15, -0.1) is 0 Å². The van der Waals surface area contributed by atoms with Crippen LogP contribution in [-0.2, 0) is 0 Å². The molecule has 0 N–H and O–H groups in total. The fraction of sp³-hybridized carbons (Fsp3) is 0.571. The molecule has 1 aromatic rings. The molecule has 0 heterocycles. The van der Waals surface area contributed by atoms with Gasteiger partial charge in [-0.3, -0.25) is 0 Å². The second-order valence-electron chi connectivity index (χ2n) is 5.02. The maximum absolute atomic E-state index is 2.53. The Balaban J connectivity index is 2.50. The molecular weight excluding hydrogens is 210 g/mol. The highest BCUT2D eigenvalue weighted by Gasteiger charge is 2.22. The molecule has 0 aliphatic carbocycles. The molecule has 0 aromatic heterocycles. The molecule has 0 saturated carbocycles. The van der Waals surface area contributed by atoms with Crippen molar-refractivity contribution in [1.82, 2.24) is 0 Å². The fourth-order valence-electron chi connectivity index (χ4n) is 1.85. The van der Waals surface area contributed by atoms with Crippen LogP contribution in [0, 0.1) is 0 Å². The number of hydrogen-bond acceptors (Lipinski definition) is 1. The SMILES string of the molecule is CC[Si](C)(CC)CCN(C)c1ccccc1. The summed E-state index contributed by atoms with van der Waals surface area (Å²) < 4.78 is 0. The number of anilines is 1. The van der Waals surface area contributed by atoms with Crippen LogP contribution in [0.15, 0.2) is 30.3 Å². The zero-order valence-corrected chi connectivity index (χ0v) is 12.2. The lowest BCUT2D eigenvalue weighted by Crippen LogP contribution is -2.33. The summed E-state index contributed by atoms with van der Waals surface area (Å²) in [5.41, 5.74) is 1.34. The van der Waals surface area contributed by atoms with Crippen molar-refractivity contribution < 1.29 is 0 Å². The van der Waals surface area contributed by atoms with Crippen molar-refractivity contribution in [3.05, 3.63) is 30.3 Å². The Labute approximate surface area is 101 Å². The lowest BCUT2D eigenvalue weighted by atomic mass is 10.3. The Bertz CT molecular complexity index is 293. The molecule has 0 fully saturated rings. The normalized spacial score (nSPS) is 11.5. The van der Waals surface area contributed by atoms with Gasteiger partial charge in [0.25, 0.3) is 0 Å². The van der Waals surface area contributed by atoms with Crippen molar-refractivity contribution in [3.63, 3.8) is 0 Å². The van der Waals surface area contributed by atoms with E-state index in [1.807, 2.05) is 0 Å². The molecule has 16 heavy (non-hydrogen) atoms. The minimum Gasteiger partial charge on any atom is -0.375 e. The van der Waals surface area contributed by atoms with E-state index in [-0.39, 0.29) is 0 Å². The molecule has 0 aliphatic rings. The Morgan fingerprint density at radius 3 is 2.12 bits per heavy atom. The number of benzene rings is 1. The first kappa shape index (κ1) is 13.3. The van der Waals surface area contributed by atoms with Gasteiger partial charge in [0.2, 0.25) is 0 Å². The predicted molar refractivity (Wildman–Crippen MR) is 77.1 cm³/mol. The highest BCUT2D eigenvalue weighted by atomic mass is 28.3. The quantitative estimate of drug-likeness (QED) is 0.667. The van der Waals surface area contributed by atoms with E-state index in [0.29, 0.717) is 0 Å². The Morgan fingerprint density at radius 1 is 1.06 bits per heavy atom. The van der Waals surface area contributed by atoms with Gasteiger partial charge in [-0.1, -0.05) is 50.7 Å². The highest BCUT2D eigenvalue weighted by Crippen LogP contribution is 2.21. The van der Waals surface area contributed by atoms with Crippen LogP contribution in [0.3, 0.4) is 0 Å². The zero-order valence-electron chi connectivity index (χ0n) is 11.2. The maximum Gasteiger partial charge on any atom is 0.0516 e. The van der Waals surface area contributed by atoms with Gasteiger partial charge < -0.3 is 4.90 Å². The highest BCUT2D eigenvalue weighted by molar-refractivity contribution is 6.78.